The number of fused-ring (bicyclic) bond motifs is 1. The van der Waals surface area contributed by atoms with E-state index in [1.807, 2.05) is 0 Å². The monoisotopic (exact) mass is 176 g/mol. The van der Waals surface area contributed by atoms with Crippen LogP contribution >= 0.6 is 7.14 Å². The fourth-order valence-electron chi connectivity index (χ4n) is 1.67. The lowest BCUT2D eigenvalue weighted by molar-refractivity contribution is 0.0768. The van der Waals surface area contributed by atoms with E-state index in [4.69, 9.17) is 9.47 Å². The molecule has 11 heavy (non-hydrogen) atoms. The standard InChI is InChI=1S/C7H13O3P/c8-11-3-1-9-5-7(11)6-10-2-4-11/h7H,1-6H2. The summed E-state index contributed by atoms with van der Waals surface area (Å²) >= 11 is 0. The van der Waals surface area contributed by atoms with Crippen molar-refractivity contribution in [2.75, 3.05) is 38.8 Å². The Kier molecular flexibility index (Phi) is 2.04. The smallest absolute Gasteiger partial charge is 0.0996 e. The van der Waals surface area contributed by atoms with Crippen molar-refractivity contribution in [3.8, 4) is 0 Å². The Bertz CT molecular complexity index is 176. The van der Waals surface area contributed by atoms with Crippen LogP contribution in [-0.2, 0) is 14.0 Å². The first-order valence-corrected chi connectivity index (χ1v) is 6.19. The topological polar surface area (TPSA) is 35.5 Å². The second kappa shape index (κ2) is 2.89. The molecule has 0 spiro atoms. The van der Waals surface area contributed by atoms with Gasteiger partial charge in [-0.3, -0.25) is 0 Å². The van der Waals surface area contributed by atoms with Crippen molar-refractivity contribution in [1.29, 1.82) is 0 Å². The molecule has 2 saturated heterocycles. The lowest BCUT2D eigenvalue weighted by atomic mass is 10.4. The van der Waals surface area contributed by atoms with Gasteiger partial charge >= 0.3 is 0 Å². The highest BCUT2D eigenvalue weighted by molar-refractivity contribution is 7.64. The first kappa shape index (κ1) is 7.78. The molecule has 0 aromatic carbocycles. The van der Waals surface area contributed by atoms with Crippen LogP contribution < -0.4 is 0 Å². The lowest BCUT2D eigenvalue weighted by Gasteiger charge is -2.35. The summed E-state index contributed by atoms with van der Waals surface area (Å²) in [5.74, 6) is 0. The lowest BCUT2D eigenvalue weighted by Crippen LogP contribution is -2.35. The van der Waals surface area contributed by atoms with Crippen LogP contribution in [0.3, 0.4) is 0 Å². The highest BCUT2D eigenvalue weighted by Crippen LogP contribution is 2.53. The van der Waals surface area contributed by atoms with Gasteiger partial charge in [-0.1, -0.05) is 0 Å². The van der Waals surface area contributed by atoms with E-state index in [9.17, 15) is 4.57 Å². The van der Waals surface area contributed by atoms with Crippen molar-refractivity contribution in [3.05, 3.63) is 0 Å². The highest BCUT2D eigenvalue weighted by atomic mass is 31.2. The molecule has 0 N–H and O–H groups in total. The van der Waals surface area contributed by atoms with Crippen LogP contribution in [0.25, 0.3) is 0 Å². The average molecular weight is 176 g/mol. The zero-order chi connectivity index (χ0) is 7.73. The summed E-state index contributed by atoms with van der Waals surface area (Å²) in [6.45, 7) is 2.68. The SMILES string of the molecule is O=P12CCOCC1COCC2. The van der Waals surface area contributed by atoms with Crippen LogP contribution in [0.2, 0.25) is 0 Å². The Balaban J connectivity index is 2.13. The number of hydrogen-bond acceptors (Lipinski definition) is 3. The maximum absolute atomic E-state index is 12.1. The fourth-order valence-corrected chi connectivity index (χ4v) is 4.26. The van der Waals surface area contributed by atoms with Crippen molar-refractivity contribution in [2.45, 2.75) is 5.66 Å². The molecule has 0 bridgehead atoms. The second-order valence-electron chi connectivity index (χ2n) is 3.20. The van der Waals surface area contributed by atoms with Crippen molar-refractivity contribution in [2.24, 2.45) is 0 Å². The normalized spacial score (nSPS) is 44.9. The van der Waals surface area contributed by atoms with Crippen LogP contribution in [0.15, 0.2) is 0 Å². The third-order valence-corrected chi connectivity index (χ3v) is 6.02. The maximum atomic E-state index is 12.1. The van der Waals surface area contributed by atoms with Crippen LogP contribution in [0.4, 0.5) is 0 Å². The second-order valence-corrected chi connectivity index (χ2v) is 6.73. The van der Waals surface area contributed by atoms with Gasteiger partial charge in [0.05, 0.1) is 39.2 Å². The fraction of sp³-hybridized carbons (Fsp3) is 1.00. The summed E-state index contributed by atoms with van der Waals surface area (Å²) in [4.78, 5) is 0. The number of hydrogen-bond donors (Lipinski definition) is 0. The van der Waals surface area contributed by atoms with Gasteiger partial charge in [-0.25, -0.2) is 0 Å². The van der Waals surface area contributed by atoms with E-state index in [0.29, 0.717) is 26.4 Å². The predicted molar refractivity (Wildman–Crippen MR) is 42.8 cm³/mol. The molecule has 0 atom stereocenters. The van der Waals surface area contributed by atoms with Gasteiger partial charge in [0.25, 0.3) is 0 Å². The maximum Gasteiger partial charge on any atom is 0.0996 e. The van der Waals surface area contributed by atoms with Crippen molar-refractivity contribution < 1.29 is 14.0 Å². The molecule has 2 aliphatic rings. The van der Waals surface area contributed by atoms with Gasteiger partial charge in [0.2, 0.25) is 0 Å². The molecule has 2 heterocycles. The van der Waals surface area contributed by atoms with E-state index in [-0.39, 0.29) is 5.66 Å². The van der Waals surface area contributed by atoms with Gasteiger partial charge in [-0.15, -0.1) is 0 Å². The Morgan fingerprint density at radius 1 is 1.09 bits per heavy atom. The number of rotatable bonds is 0. The van der Waals surface area contributed by atoms with Crippen molar-refractivity contribution in [1.82, 2.24) is 0 Å². The van der Waals surface area contributed by atoms with E-state index in [1.165, 1.54) is 0 Å². The van der Waals surface area contributed by atoms with Crippen LogP contribution in [0.5, 0.6) is 0 Å². The van der Waals surface area contributed by atoms with Gasteiger partial charge in [-0.05, 0) is 0 Å². The minimum atomic E-state index is -1.87. The van der Waals surface area contributed by atoms with Gasteiger partial charge in [0, 0.05) is 12.3 Å². The first-order chi connectivity index (χ1) is 5.31. The summed E-state index contributed by atoms with van der Waals surface area (Å²) in [5.41, 5.74) is 0.213. The van der Waals surface area contributed by atoms with Crippen LogP contribution in [0.1, 0.15) is 0 Å². The molecule has 64 valence electrons. The van der Waals surface area contributed by atoms with Gasteiger partial charge in [0.15, 0.2) is 0 Å². The van der Waals surface area contributed by atoms with Crippen molar-refractivity contribution in [3.63, 3.8) is 0 Å². The first-order valence-electron chi connectivity index (χ1n) is 4.04. The third-order valence-electron chi connectivity index (χ3n) is 2.51. The Labute approximate surface area is 66.4 Å². The molecular weight excluding hydrogens is 163 g/mol. The van der Waals surface area contributed by atoms with Crippen LogP contribution in [0, 0.1) is 0 Å². The molecule has 2 aliphatic heterocycles. The third kappa shape index (κ3) is 1.37. The highest BCUT2D eigenvalue weighted by Gasteiger charge is 2.38. The summed E-state index contributed by atoms with van der Waals surface area (Å²) in [7, 11) is -1.87. The molecule has 0 aliphatic carbocycles. The largest absolute Gasteiger partial charge is 0.380 e. The minimum Gasteiger partial charge on any atom is -0.380 e. The molecule has 3 nitrogen and oxygen atoms in total. The van der Waals surface area contributed by atoms with E-state index in [2.05, 4.69) is 0 Å². The van der Waals surface area contributed by atoms with Gasteiger partial charge in [-0.2, -0.15) is 0 Å². The van der Waals surface area contributed by atoms with Crippen LogP contribution in [-0.4, -0.2) is 44.4 Å². The number of ether oxygens (including phenoxy) is 2. The quantitative estimate of drug-likeness (QED) is 0.511. The van der Waals surface area contributed by atoms with Gasteiger partial charge in [0.1, 0.15) is 0 Å². The molecule has 0 aromatic heterocycles. The molecule has 0 saturated carbocycles. The average Bonchev–Trinajstić information content (AvgIpc) is 2.03. The molecule has 0 unspecified atom stereocenters. The molecule has 0 aromatic rings. The van der Waals surface area contributed by atoms with Crippen molar-refractivity contribution >= 4 is 7.14 Å². The molecule has 0 amide bonds. The predicted octanol–water partition coefficient (Wildman–Crippen LogP) is 0.778. The van der Waals surface area contributed by atoms with E-state index >= 15 is 0 Å². The van der Waals surface area contributed by atoms with E-state index < -0.39 is 7.14 Å². The summed E-state index contributed by atoms with van der Waals surface area (Å²) in [6, 6.07) is 0. The summed E-state index contributed by atoms with van der Waals surface area (Å²) < 4.78 is 22.6. The Hall–Kier alpha value is 0.150. The van der Waals surface area contributed by atoms with Gasteiger partial charge < -0.3 is 14.0 Å². The molecule has 2 fully saturated rings. The van der Waals surface area contributed by atoms with E-state index in [0.717, 1.165) is 12.3 Å². The molecular formula is C7H13O3P. The minimum absolute atomic E-state index is 0.213. The molecule has 0 radical (unpaired) electrons. The summed E-state index contributed by atoms with van der Waals surface area (Å²) in [6.07, 6.45) is 1.56. The van der Waals surface area contributed by atoms with E-state index in [1.54, 1.807) is 0 Å². The Morgan fingerprint density at radius 2 is 1.64 bits per heavy atom. The zero-order valence-corrected chi connectivity index (χ0v) is 7.39. The Morgan fingerprint density at radius 3 is 2.09 bits per heavy atom. The molecule has 2 rings (SSSR count). The zero-order valence-electron chi connectivity index (χ0n) is 6.49. The summed E-state index contributed by atoms with van der Waals surface area (Å²) in [5, 5.41) is 0. The molecule has 4 heteroatoms.